The highest BCUT2D eigenvalue weighted by Gasteiger charge is 2.22. The minimum Gasteiger partial charge on any atom is -0.324 e. The van der Waals surface area contributed by atoms with E-state index in [4.69, 9.17) is 11.6 Å². The number of anilines is 1. The van der Waals surface area contributed by atoms with E-state index in [1.807, 2.05) is 26.0 Å². The number of amides is 1. The van der Waals surface area contributed by atoms with E-state index in [-0.39, 0.29) is 11.9 Å². The van der Waals surface area contributed by atoms with Crippen molar-refractivity contribution in [1.29, 1.82) is 0 Å². The molecule has 0 bridgehead atoms. The third-order valence-corrected chi connectivity index (χ3v) is 3.77. The van der Waals surface area contributed by atoms with Gasteiger partial charge in [-0.05, 0) is 31.5 Å². The molecule has 4 nitrogen and oxygen atoms in total. The summed E-state index contributed by atoms with van der Waals surface area (Å²) in [5.74, 6) is 0.0206. The molecule has 1 heterocycles. The van der Waals surface area contributed by atoms with Crippen LogP contribution in [-0.4, -0.2) is 43.0 Å². The van der Waals surface area contributed by atoms with Crippen molar-refractivity contribution in [2.45, 2.75) is 19.9 Å². The number of benzene rings is 1. The molecule has 0 radical (unpaired) electrons. The zero-order valence-electron chi connectivity index (χ0n) is 11.4. The smallest absolute Gasteiger partial charge is 0.241 e. The highest BCUT2D eigenvalue weighted by atomic mass is 35.5. The van der Waals surface area contributed by atoms with Crippen molar-refractivity contribution in [2.24, 2.45) is 0 Å². The van der Waals surface area contributed by atoms with Gasteiger partial charge < -0.3 is 10.6 Å². The second-order valence-corrected chi connectivity index (χ2v) is 5.35. The van der Waals surface area contributed by atoms with Gasteiger partial charge in [0.05, 0.1) is 6.04 Å². The number of halogens is 1. The number of carbonyl (C=O) groups excluding carboxylic acids is 1. The molecule has 1 aromatic carbocycles. The Morgan fingerprint density at radius 1 is 1.42 bits per heavy atom. The van der Waals surface area contributed by atoms with Crippen LogP contribution < -0.4 is 10.6 Å². The number of hydrogen-bond acceptors (Lipinski definition) is 3. The highest BCUT2D eigenvalue weighted by molar-refractivity contribution is 6.31. The molecule has 104 valence electrons. The maximum atomic E-state index is 12.3. The lowest BCUT2D eigenvalue weighted by molar-refractivity contribution is -0.120. The Hall–Kier alpha value is -1.10. The second kappa shape index (κ2) is 6.37. The van der Waals surface area contributed by atoms with Crippen LogP contribution in [0, 0.1) is 6.92 Å². The molecule has 1 aromatic rings. The first-order valence-corrected chi connectivity index (χ1v) is 6.97. The van der Waals surface area contributed by atoms with Crippen molar-refractivity contribution in [3.8, 4) is 0 Å². The maximum absolute atomic E-state index is 12.3. The van der Waals surface area contributed by atoms with Gasteiger partial charge in [0.1, 0.15) is 0 Å². The third-order valence-electron chi connectivity index (χ3n) is 3.54. The number of nitrogens with zero attached hydrogens (tertiary/aromatic N) is 1. The standard InChI is InChI=1S/C14H20ClN3O/c1-10-3-4-12(15)9-13(10)17-14(19)11(2)18-7-5-16-6-8-18/h3-4,9,11,16H,5-8H2,1-2H3,(H,17,19). The summed E-state index contributed by atoms with van der Waals surface area (Å²) in [4.78, 5) is 14.4. The first kappa shape index (κ1) is 14.3. The zero-order chi connectivity index (χ0) is 13.8. The normalized spacial score (nSPS) is 18.1. The van der Waals surface area contributed by atoms with Crippen LogP contribution in [0.3, 0.4) is 0 Å². The number of nitrogens with one attached hydrogen (secondary N) is 2. The fourth-order valence-corrected chi connectivity index (χ4v) is 2.37. The summed E-state index contributed by atoms with van der Waals surface area (Å²) in [5, 5.41) is 6.88. The van der Waals surface area contributed by atoms with E-state index >= 15 is 0 Å². The Bertz CT molecular complexity index is 458. The van der Waals surface area contributed by atoms with E-state index in [9.17, 15) is 4.79 Å². The number of carbonyl (C=O) groups is 1. The molecule has 1 fully saturated rings. The fraction of sp³-hybridized carbons (Fsp3) is 0.500. The molecule has 0 saturated carbocycles. The van der Waals surface area contributed by atoms with Crippen molar-refractivity contribution in [3.05, 3.63) is 28.8 Å². The molecule has 19 heavy (non-hydrogen) atoms. The number of hydrogen-bond donors (Lipinski definition) is 2. The summed E-state index contributed by atoms with van der Waals surface area (Å²) < 4.78 is 0. The number of piperazine rings is 1. The van der Waals surface area contributed by atoms with Gasteiger partial charge in [-0.25, -0.2) is 0 Å². The molecule has 0 aromatic heterocycles. The van der Waals surface area contributed by atoms with E-state index in [1.54, 1.807) is 6.07 Å². The van der Waals surface area contributed by atoms with Gasteiger partial charge in [-0.15, -0.1) is 0 Å². The van der Waals surface area contributed by atoms with Gasteiger partial charge in [0.15, 0.2) is 0 Å². The molecule has 0 spiro atoms. The molecule has 1 amide bonds. The molecule has 2 rings (SSSR count). The Balaban J connectivity index is 2.01. The van der Waals surface area contributed by atoms with Crippen LogP contribution in [0.1, 0.15) is 12.5 Å². The van der Waals surface area contributed by atoms with E-state index in [2.05, 4.69) is 15.5 Å². The molecule has 1 aliphatic rings. The second-order valence-electron chi connectivity index (χ2n) is 4.91. The zero-order valence-corrected chi connectivity index (χ0v) is 12.1. The van der Waals surface area contributed by atoms with Gasteiger partial charge in [0, 0.05) is 36.9 Å². The SMILES string of the molecule is Cc1ccc(Cl)cc1NC(=O)C(C)N1CCNCC1. The van der Waals surface area contributed by atoms with Crippen LogP contribution in [0.2, 0.25) is 5.02 Å². The lowest BCUT2D eigenvalue weighted by Crippen LogP contribution is -2.51. The number of rotatable bonds is 3. The summed E-state index contributed by atoms with van der Waals surface area (Å²) in [5.41, 5.74) is 1.81. The van der Waals surface area contributed by atoms with E-state index in [0.29, 0.717) is 5.02 Å². The third kappa shape index (κ3) is 3.69. The summed E-state index contributed by atoms with van der Waals surface area (Å²) in [6.45, 7) is 7.59. The van der Waals surface area contributed by atoms with Crippen molar-refractivity contribution < 1.29 is 4.79 Å². The average Bonchev–Trinajstić information content (AvgIpc) is 2.43. The van der Waals surface area contributed by atoms with Gasteiger partial charge in [0.2, 0.25) is 5.91 Å². The van der Waals surface area contributed by atoms with Gasteiger partial charge in [-0.2, -0.15) is 0 Å². The lowest BCUT2D eigenvalue weighted by Gasteiger charge is -2.31. The maximum Gasteiger partial charge on any atom is 0.241 e. The predicted molar refractivity (Wildman–Crippen MR) is 78.7 cm³/mol. The van der Waals surface area contributed by atoms with Gasteiger partial charge in [-0.1, -0.05) is 17.7 Å². The summed E-state index contributed by atoms with van der Waals surface area (Å²) in [7, 11) is 0. The minimum absolute atomic E-state index is 0.0206. The van der Waals surface area contributed by atoms with E-state index in [1.165, 1.54) is 0 Å². The topological polar surface area (TPSA) is 44.4 Å². The predicted octanol–water partition coefficient (Wildman–Crippen LogP) is 1.88. The fourth-order valence-electron chi connectivity index (χ4n) is 2.20. The first-order chi connectivity index (χ1) is 9.08. The molecule has 5 heteroatoms. The van der Waals surface area contributed by atoms with Crippen LogP contribution in [-0.2, 0) is 4.79 Å². The molecule has 1 unspecified atom stereocenters. The van der Waals surface area contributed by atoms with Gasteiger partial charge >= 0.3 is 0 Å². The quantitative estimate of drug-likeness (QED) is 0.889. The largest absolute Gasteiger partial charge is 0.324 e. The van der Waals surface area contributed by atoms with E-state index in [0.717, 1.165) is 37.4 Å². The monoisotopic (exact) mass is 281 g/mol. The number of aryl methyl sites for hydroxylation is 1. The average molecular weight is 282 g/mol. The first-order valence-electron chi connectivity index (χ1n) is 6.59. The van der Waals surface area contributed by atoms with Crippen LogP contribution >= 0.6 is 11.6 Å². The van der Waals surface area contributed by atoms with Crippen LogP contribution in [0.25, 0.3) is 0 Å². The highest BCUT2D eigenvalue weighted by Crippen LogP contribution is 2.20. The van der Waals surface area contributed by atoms with Crippen molar-refractivity contribution >= 4 is 23.2 Å². The van der Waals surface area contributed by atoms with E-state index < -0.39 is 0 Å². The van der Waals surface area contributed by atoms with Crippen LogP contribution in [0.15, 0.2) is 18.2 Å². The summed E-state index contributed by atoms with van der Waals surface area (Å²) in [6.07, 6.45) is 0. The van der Waals surface area contributed by atoms with Crippen molar-refractivity contribution in [1.82, 2.24) is 10.2 Å². The Labute approximate surface area is 119 Å². The Morgan fingerprint density at radius 2 is 2.11 bits per heavy atom. The molecule has 1 aliphatic heterocycles. The van der Waals surface area contributed by atoms with Gasteiger partial charge in [-0.3, -0.25) is 9.69 Å². The van der Waals surface area contributed by atoms with Crippen LogP contribution in [0.5, 0.6) is 0 Å². The van der Waals surface area contributed by atoms with Crippen molar-refractivity contribution in [3.63, 3.8) is 0 Å². The molecule has 2 N–H and O–H groups in total. The minimum atomic E-state index is -0.125. The molecule has 1 saturated heterocycles. The lowest BCUT2D eigenvalue weighted by atomic mass is 10.1. The van der Waals surface area contributed by atoms with Crippen LogP contribution in [0.4, 0.5) is 5.69 Å². The molecular weight excluding hydrogens is 262 g/mol. The van der Waals surface area contributed by atoms with Gasteiger partial charge in [0.25, 0.3) is 0 Å². The summed E-state index contributed by atoms with van der Waals surface area (Å²) >= 11 is 5.96. The molecular formula is C14H20ClN3O. The molecule has 1 atom stereocenters. The van der Waals surface area contributed by atoms with Crippen molar-refractivity contribution in [2.75, 3.05) is 31.5 Å². The molecule has 0 aliphatic carbocycles. The Kier molecular flexibility index (Phi) is 4.80. The summed E-state index contributed by atoms with van der Waals surface area (Å²) in [6, 6.07) is 5.40. The Morgan fingerprint density at radius 3 is 2.79 bits per heavy atom.